The molecule has 2 rings (SSSR count). The van der Waals surface area contributed by atoms with E-state index in [2.05, 4.69) is 43.1 Å². The molecule has 0 saturated carbocycles. The molecule has 2 N–H and O–H groups in total. The van der Waals surface area contributed by atoms with E-state index >= 15 is 0 Å². The average molecular weight is 204 g/mol. The van der Waals surface area contributed by atoms with Gasteiger partial charge in [0.25, 0.3) is 0 Å². The molecule has 0 aromatic heterocycles. The van der Waals surface area contributed by atoms with Gasteiger partial charge in [0.1, 0.15) is 0 Å². The maximum atomic E-state index is 6.52. The van der Waals surface area contributed by atoms with Gasteiger partial charge in [0, 0.05) is 5.54 Å². The van der Waals surface area contributed by atoms with Gasteiger partial charge in [0.15, 0.2) is 0 Å². The highest BCUT2D eigenvalue weighted by atomic mass is 15.1. The third kappa shape index (κ3) is 2.06. The molecular weight excluding hydrogens is 184 g/mol. The molecular formula is C13H20N2. The standard InChI is InChI=1S/C13H20N2/c1-11-5-3-4-6-12(11)13(14)7-9-15(2)10-8-13/h3-6H,7-10,14H2,1-2H3. The molecule has 82 valence electrons. The molecule has 1 aromatic rings. The summed E-state index contributed by atoms with van der Waals surface area (Å²) in [6.07, 6.45) is 2.13. The molecule has 0 bridgehead atoms. The maximum Gasteiger partial charge on any atom is 0.0436 e. The summed E-state index contributed by atoms with van der Waals surface area (Å²) in [6, 6.07) is 8.51. The van der Waals surface area contributed by atoms with E-state index in [-0.39, 0.29) is 5.54 Å². The van der Waals surface area contributed by atoms with Crippen molar-refractivity contribution in [2.75, 3.05) is 20.1 Å². The van der Waals surface area contributed by atoms with Crippen molar-refractivity contribution in [1.82, 2.24) is 4.90 Å². The summed E-state index contributed by atoms with van der Waals surface area (Å²) in [7, 11) is 2.16. The zero-order valence-corrected chi connectivity index (χ0v) is 9.66. The Balaban J connectivity index is 2.26. The van der Waals surface area contributed by atoms with Gasteiger partial charge in [0.2, 0.25) is 0 Å². The number of likely N-dealkylation sites (tertiary alicyclic amines) is 1. The quantitative estimate of drug-likeness (QED) is 0.756. The van der Waals surface area contributed by atoms with Gasteiger partial charge in [-0.3, -0.25) is 0 Å². The normalized spacial score (nSPS) is 21.5. The molecule has 1 fully saturated rings. The van der Waals surface area contributed by atoms with Crippen LogP contribution in [0.25, 0.3) is 0 Å². The number of nitrogens with two attached hydrogens (primary N) is 1. The summed E-state index contributed by atoms with van der Waals surface area (Å²) < 4.78 is 0. The predicted molar refractivity (Wildman–Crippen MR) is 63.8 cm³/mol. The third-order valence-electron chi connectivity index (χ3n) is 3.56. The number of hydrogen-bond acceptors (Lipinski definition) is 2. The van der Waals surface area contributed by atoms with Crippen molar-refractivity contribution in [3.05, 3.63) is 35.4 Å². The minimum atomic E-state index is -0.0994. The summed E-state index contributed by atoms with van der Waals surface area (Å²) in [5.74, 6) is 0. The zero-order valence-electron chi connectivity index (χ0n) is 9.66. The second kappa shape index (κ2) is 3.95. The van der Waals surface area contributed by atoms with Gasteiger partial charge >= 0.3 is 0 Å². The average Bonchev–Trinajstić information content (AvgIpc) is 2.23. The van der Waals surface area contributed by atoms with Crippen LogP contribution in [0.5, 0.6) is 0 Å². The molecule has 15 heavy (non-hydrogen) atoms. The highest BCUT2D eigenvalue weighted by Crippen LogP contribution is 2.31. The number of hydrogen-bond donors (Lipinski definition) is 1. The van der Waals surface area contributed by atoms with Crippen molar-refractivity contribution in [2.24, 2.45) is 5.73 Å². The first-order valence-corrected chi connectivity index (χ1v) is 5.65. The summed E-state index contributed by atoms with van der Waals surface area (Å²) in [5.41, 5.74) is 9.07. The molecule has 1 aliphatic rings. The Hall–Kier alpha value is -0.860. The van der Waals surface area contributed by atoms with Crippen molar-refractivity contribution in [3.63, 3.8) is 0 Å². The fourth-order valence-electron chi connectivity index (χ4n) is 2.42. The Kier molecular flexibility index (Phi) is 2.81. The lowest BCUT2D eigenvalue weighted by atomic mass is 9.80. The van der Waals surface area contributed by atoms with Crippen LogP contribution in [-0.4, -0.2) is 25.0 Å². The molecule has 0 amide bonds. The van der Waals surface area contributed by atoms with E-state index in [0.717, 1.165) is 25.9 Å². The summed E-state index contributed by atoms with van der Waals surface area (Å²) in [6.45, 7) is 4.36. The Morgan fingerprint density at radius 1 is 1.20 bits per heavy atom. The second-order valence-corrected chi connectivity index (χ2v) is 4.77. The van der Waals surface area contributed by atoms with Crippen LogP contribution in [0.15, 0.2) is 24.3 Å². The number of piperidine rings is 1. The van der Waals surface area contributed by atoms with Crippen molar-refractivity contribution >= 4 is 0 Å². The van der Waals surface area contributed by atoms with Crippen molar-refractivity contribution < 1.29 is 0 Å². The fourth-order valence-corrected chi connectivity index (χ4v) is 2.42. The minimum Gasteiger partial charge on any atom is -0.321 e. The Labute approximate surface area is 92.1 Å². The summed E-state index contributed by atoms with van der Waals surface area (Å²) >= 11 is 0. The molecule has 2 heteroatoms. The van der Waals surface area contributed by atoms with Crippen LogP contribution in [0, 0.1) is 6.92 Å². The topological polar surface area (TPSA) is 29.3 Å². The summed E-state index contributed by atoms with van der Waals surface area (Å²) in [5, 5.41) is 0. The van der Waals surface area contributed by atoms with Crippen LogP contribution >= 0.6 is 0 Å². The van der Waals surface area contributed by atoms with Gasteiger partial charge in [-0.15, -0.1) is 0 Å². The van der Waals surface area contributed by atoms with Crippen LogP contribution in [0.2, 0.25) is 0 Å². The Morgan fingerprint density at radius 2 is 1.80 bits per heavy atom. The van der Waals surface area contributed by atoms with Crippen LogP contribution in [-0.2, 0) is 5.54 Å². The highest BCUT2D eigenvalue weighted by Gasteiger charge is 2.31. The first-order chi connectivity index (χ1) is 7.12. The van der Waals surface area contributed by atoms with E-state index in [9.17, 15) is 0 Å². The van der Waals surface area contributed by atoms with Gasteiger partial charge in [-0.1, -0.05) is 24.3 Å². The van der Waals surface area contributed by atoms with E-state index in [0.29, 0.717) is 0 Å². The molecule has 1 heterocycles. The lowest BCUT2D eigenvalue weighted by Crippen LogP contribution is -2.47. The van der Waals surface area contributed by atoms with Gasteiger partial charge in [-0.2, -0.15) is 0 Å². The molecule has 1 aromatic carbocycles. The lowest BCUT2D eigenvalue weighted by Gasteiger charge is -2.38. The van der Waals surface area contributed by atoms with E-state index in [1.165, 1.54) is 11.1 Å². The molecule has 0 unspecified atom stereocenters. The van der Waals surface area contributed by atoms with Crippen molar-refractivity contribution in [1.29, 1.82) is 0 Å². The molecule has 0 atom stereocenters. The fraction of sp³-hybridized carbons (Fsp3) is 0.538. The van der Waals surface area contributed by atoms with E-state index in [1.807, 2.05) is 0 Å². The van der Waals surface area contributed by atoms with Crippen LogP contribution < -0.4 is 5.73 Å². The molecule has 0 radical (unpaired) electrons. The first-order valence-electron chi connectivity index (χ1n) is 5.65. The van der Waals surface area contributed by atoms with Gasteiger partial charge in [0.05, 0.1) is 0 Å². The minimum absolute atomic E-state index is 0.0994. The number of rotatable bonds is 1. The first kappa shape index (κ1) is 10.7. The van der Waals surface area contributed by atoms with Crippen LogP contribution in [0.1, 0.15) is 24.0 Å². The molecule has 0 aliphatic carbocycles. The zero-order chi connectivity index (χ0) is 10.9. The highest BCUT2D eigenvalue weighted by molar-refractivity contribution is 5.32. The Bertz CT molecular complexity index is 338. The molecule has 1 aliphatic heterocycles. The van der Waals surface area contributed by atoms with Crippen molar-refractivity contribution in [3.8, 4) is 0 Å². The predicted octanol–water partition coefficient (Wildman–Crippen LogP) is 1.87. The monoisotopic (exact) mass is 204 g/mol. The largest absolute Gasteiger partial charge is 0.321 e. The van der Waals surface area contributed by atoms with Crippen LogP contribution in [0.4, 0.5) is 0 Å². The molecule has 0 spiro atoms. The number of nitrogens with zero attached hydrogens (tertiary/aromatic N) is 1. The molecule has 2 nitrogen and oxygen atoms in total. The van der Waals surface area contributed by atoms with Crippen LogP contribution in [0.3, 0.4) is 0 Å². The second-order valence-electron chi connectivity index (χ2n) is 4.77. The van der Waals surface area contributed by atoms with Gasteiger partial charge in [-0.05, 0) is 51.0 Å². The Morgan fingerprint density at radius 3 is 2.40 bits per heavy atom. The van der Waals surface area contributed by atoms with Gasteiger partial charge in [-0.25, -0.2) is 0 Å². The van der Waals surface area contributed by atoms with E-state index in [4.69, 9.17) is 5.73 Å². The van der Waals surface area contributed by atoms with E-state index < -0.39 is 0 Å². The maximum absolute atomic E-state index is 6.52. The SMILES string of the molecule is Cc1ccccc1C1(N)CCN(C)CC1. The molecule has 1 saturated heterocycles. The number of benzene rings is 1. The van der Waals surface area contributed by atoms with Gasteiger partial charge < -0.3 is 10.6 Å². The van der Waals surface area contributed by atoms with E-state index in [1.54, 1.807) is 0 Å². The summed E-state index contributed by atoms with van der Waals surface area (Å²) in [4.78, 5) is 2.35. The smallest absolute Gasteiger partial charge is 0.0436 e. The number of aryl methyl sites for hydroxylation is 1. The third-order valence-corrected chi connectivity index (χ3v) is 3.56. The van der Waals surface area contributed by atoms with Crippen molar-refractivity contribution in [2.45, 2.75) is 25.3 Å². The lowest BCUT2D eigenvalue weighted by molar-refractivity contribution is 0.191.